The summed E-state index contributed by atoms with van der Waals surface area (Å²) in [4.78, 5) is 4.09. The summed E-state index contributed by atoms with van der Waals surface area (Å²) in [5.41, 5.74) is -1.19. The number of aliphatic imine (C=N–C) groups is 1. The highest BCUT2D eigenvalue weighted by molar-refractivity contribution is 14.0. The number of aliphatic hydroxyl groups is 1. The second kappa shape index (κ2) is 13.2. The van der Waals surface area contributed by atoms with Gasteiger partial charge in [-0.05, 0) is 30.5 Å². The van der Waals surface area contributed by atoms with Gasteiger partial charge in [-0.15, -0.1) is 24.0 Å². The predicted octanol–water partition coefficient (Wildman–Crippen LogP) is 3.55. The van der Waals surface area contributed by atoms with Crippen molar-refractivity contribution in [1.82, 2.24) is 10.6 Å². The van der Waals surface area contributed by atoms with E-state index in [1.165, 1.54) is 0 Å². The van der Waals surface area contributed by atoms with Crippen LogP contribution in [-0.2, 0) is 17.5 Å². The zero-order valence-electron chi connectivity index (χ0n) is 16.1. The monoisotopic (exact) mass is 521 g/mol. The van der Waals surface area contributed by atoms with Crippen LogP contribution in [0.15, 0.2) is 23.2 Å². The summed E-state index contributed by atoms with van der Waals surface area (Å²) in [5.74, 6) is -0.356. The van der Waals surface area contributed by atoms with Gasteiger partial charge in [-0.1, -0.05) is 19.9 Å². The third-order valence-corrected chi connectivity index (χ3v) is 3.40. The highest BCUT2D eigenvalue weighted by Crippen LogP contribution is 2.32. The molecule has 0 spiro atoms. The first-order valence-corrected chi connectivity index (χ1v) is 8.77. The van der Waals surface area contributed by atoms with Gasteiger partial charge in [0.2, 0.25) is 0 Å². The topological polar surface area (TPSA) is 65.9 Å². The molecule has 0 saturated carbocycles. The maximum atomic E-state index is 13.2. The Hall–Kier alpha value is -1.14. The lowest BCUT2D eigenvalue weighted by Crippen LogP contribution is -2.42. The molecule has 0 aliphatic rings. The van der Waals surface area contributed by atoms with Gasteiger partial charge >= 0.3 is 6.18 Å². The molecule has 1 rings (SSSR count). The van der Waals surface area contributed by atoms with E-state index in [1.54, 1.807) is 6.92 Å². The zero-order valence-corrected chi connectivity index (χ0v) is 18.5. The van der Waals surface area contributed by atoms with Crippen molar-refractivity contribution in [2.45, 2.75) is 39.6 Å². The molecule has 1 aromatic carbocycles. The molecule has 0 amide bonds. The highest BCUT2D eigenvalue weighted by atomic mass is 127. The Labute approximate surface area is 180 Å². The molecule has 0 aliphatic heterocycles. The lowest BCUT2D eigenvalue weighted by atomic mass is 10.1. The van der Waals surface area contributed by atoms with E-state index in [1.807, 2.05) is 13.8 Å². The van der Waals surface area contributed by atoms with E-state index in [0.29, 0.717) is 25.1 Å². The molecular weight excluding hydrogens is 493 g/mol. The first kappa shape index (κ1) is 26.9. The first-order chi connectivity index (χ1) is 12.6. The molecule has 0 aliphatic carbocycles. The number of hydrogen-bond acceptors (Lipinski definition) is 3. The van der Waals surface area contributed by atoms with Crippen molar-refractivity contribution in [2.75, 3.05) is 26.3 Å². The summed E-state index contributed by atoms with van der Waals surface area (Å²) in [5, 5.41) is 15.6. The fourth-order valence-corrected chi connectivity index (χ4v) is 2.17. The molecule has 5 nitrogen and oxygen atoms in total. The van der Waals surface area contributed by atoms with Gasteiger partial charge in [0, 0.05) is 19.7 Å². The van der Waals surface area contributed by atoms with Crippen molar-refractivity contribution in [3.63, 3.8) is 0 Å². The summed E-state index contributed by atoms with van der Waals surface area (Å²) in [6.45, 7) is 6.77. The molecule has 0 radical (unpaired) electrons. The number of nitrogens with one attached hydrogen (secondary N) is 2. The molecule has 0 saturated heterocycles. The minimum absolute atomic E-state index is 0. The number of rotatable bonds is 9. The summed E-state index contributed by atoms with van der Waals surface area (Å²) >= 11 is 0. The summed E-state index contributed by atoms with van der Waals surface area (Å²) in [7, 11) is 0. The van der Waals surface area contributed by atoms with Crippen LogP contribution in [0.5, 0.6) is 0 Å². The summed E-state index contributed by atoms with van der Waals surface area (Å²) in [6, 6.07) is 2.50. The number of nitrogens with zero attached hydrogens (tertiary/aromatic N) is 1. The van der Waals surface area contributed by atoms with Crippen LogP contribution < -0.4 is 10.6 Å². The second-order valence-electron chi connectivity index (χ2n) is 6.46. The number of halogens is 5. The lowest BCUT2D eigenvalue weighted by Gasteiger charge is -2.16. The second-order valence-corrected chi connectivity index (χ2v) is 6.46. The number of aliphatic hydroxyl groups excluding tert-OH is 1. The maximum absolute atomic E-state index is 13.2. The number of ether oxygens (including phenoxy) is 1. The van der Waals surface area contributed by atoms with Gasteiger partial charge in [-0.2, -0.15) is 13.2 Å². The van der Waals surface area contributed by atoms with Crippen LogP contribution in [0.2, 0.25) is 0 Å². The van der Waals surface area contributed by atoms with Crippen LogP contribution >= 0.6 is 24.0 Å². The third-order valence-electron chi connectivity index (χ3n) is 3.40. The number of benzene rings is 1. The van der Waals surface area contributed by atoms with Crippen LogP contribution in [-0.4, -0.2) is 43.5 Å². The molecule has 0 bridgehead atoms. The van der Waals surface area contributed by atoms with E-state index >= 15 is 0 Å². The van der Waals surface area contributed by atoms with Crippen molar-refractivity contribution >= 4 is 29.9 Å². The van der Waals surface area contributed by atoms with Gasteiger partial charge in [-0.25, -0.2) is 9.38 Å². The van der Waals surface area contributed by atoms with Crippen molar-refractivity contribution in [3.8, 4) is 0 Å². The van der Waals surface area contributed by atoms with Crippen LogP contribution in [0.1, 0.15) is 31.9 Å². The van der Waals surface area contributed by atoms with Crippen LogP contribution in [0.4, 0.5) is 17.6 Å². The average Bonchev–Trinajstić information content (AvgIpc) is 2.57. The standard InChI is InChI=1S/C18H27F4N3O2.HI/c1-4-23-17(25-9-15(26)11-27-10-12(2)3)24-8-13-5-6-14(19)7-16(13)18(20,21)22;/h5-7,12,15,26H,4,8-11H2,1-3H3,(H2,23,24,25);1H. The van der Waals surface area contributed by atoms with Gasteiger partial charge in [-0.3, -0.25) is 0 Å². The molecule has 1 aromatic rings. The number of alkyl halides is 3. The predicted molar refractivity (Wildman–Crippen MR) is 111 cm³/mol. The molecule has 1 atom stereocenters. The fourth-order valence-electron chi connectivity index (χ4n) is 2.17. The first-order valence-electron chi connectivity index (χ1n) is 8.77. The molecule has 10 heteroatoms. The Kier molecular flexibility index (Phi) is 12.6. The molecule has 0 heterocycles. The maximum Gasteiger partial charge on any atom is 0.416 e. The van der Waals surface area contributed by atoms with E-state index in [2.05, 4.69) is 15.6 Å². The van der Waals surface area contributed by atoms with E-state index in [-0.39, 0.29) is 55.2 Å². The van der Waals surface area contributed by atoms with E-state index in [0.717, 1.165) is 12.1 Å². The Morgan fingerprint density at radius 2 is 1.89 bits per heavy atom. The molecule has 0 aromatic heterocycles. The molecule has 1 unspecified atom stereocenters. The van der Waals surface area contributed by atoms with Gasteiger partial charge in [0.1, 0.15) is 5.82 Å². The molecule has 3 N–H and O–H groups in total. The molecule has 0 fully saturated rings. The molecular formula is C18H28F4IN3O2. The number of guanidine groups is 1. The van der Waals surface area contributed by atoms with Crippen LogP contribution in [0.25, 0.3) is 0 Å². The van der Waals surface area contributed by atoms with Crippen molar-refractivity contribution in [3.05, 3.63) is 35.1 Å². The minimum atomic E-state index is -4.66. The Morgan fingerprint density at radius 3 is 2.46 bits per heavy atom. The average molecular weight is 521 g/mol. The third kappa shape index (κ3) is 10.4. The normalized spacial score (nSPS) is 13.2. The van der Waals surface area contributed by atoms with Crippen LogP contribution in [0, 0.1) is 11.7 Å². The highest BCUT2D eigenvalue weighted by Gasteiger charge is 2.33. The Bertz CT molecular complexity index is 613. The van der Waals surface area contributed by atoms with Crippen LogP contribution in [0.3, 0.4) is 0 Å². The van der Waals surface area contributed by atoms with Gasteiger partial charge in [0.15, 0.2) is 5.96 Å². The zero-order chi connectivity index (χ0) is 20.4. The van der Waals surface area contributed by atoms with Crippen molar-refractivity contribution in [2.24, 2.45) is 10.9 Å². The summed E-state index contributed by atoms with van der Waals surface area (Å²) in [6.07, 6.45) is -5.45. The minimum Gasteiger partial charge on any atom is -0.389 e. The molecule has 162 valence electrons. The van der Waals surface area contributed by atoms with E-state index < -0.39 is 23.7 Å². The van der Waals surface area contributed by atoms with E-state index in [4.69, 9.17) is 4.74 Å². The van der Waals surface area contributed by atoms with Crippen molar-refractivity contribution in [1.29, 1.82) is 0 Å². The van der Waals surface area contributed by atoms with Gasteiger partial charge < -0.3 is 20.5 Å². The largest absolute Gasteiger partial charge is 0.416 e. The number of hydrogen-bond donors (Lipinski definition) is 3. The van der Waals surface area contributed by atoms with Crippen molar-refractivity contribution < 1.29 is 27.4 Å². The smallest absolute Gasteiger partial charge is 0.389 e. The quantitative estimate of drug-likeness (QED) is 0.201. The van der Waals surface area contributed by atoms with Gasteiger partial charge in [0.05, 0.1) is 24.8 Å². The SMILES string of the molecule is CCNC(=NCc1ccc(F)cc1C(F)(F)F)NCC(O)COCC(C)C.I. The lowest BCUT2D eigenvalue weighted by molar-refractivity contribution is -0.138. The van der Waals surface area contributed by atoms with Gasteiger partial charge in [0.25, 0.3) is 0 Å². The molecule has 28 heavy (non-hydrogen) atoms. The Balaban J connectivity index is 0.00000729. The summed E-state index contributed by atoms with van der Waals surface area (Å²) < 4.78 is 57.6. The van der Waals surface area contributed by atoms with E-state index in [9.17, 15) is 22.7 Å². The Morgan fingerprint density at radius 1 is 1.21 bits per heavy atom. The fraction of sp³-hybridized carbons (Fsp3) is 0.611.